The number of aliphatic carboxylic acids is 1. The number of hydrogen-bond donors (Lipinski definition) is 2. The van der Waals surface area contributed by atoms with E-state index in [1.807, 2.05) is 0 Å². The lowest BCUT2D eigenvalue weighted by Gasteiger charge is -2.09. The van der Waals surface area contributed by atoms with Crippen molar-refractivity contribution in [2.24, 2.45) is 0 Å². The van der Waals surface area contributed by atoms with Crippen LogP contribution in [0.5, 0.6) is 0 Å². The Hall–Kier alpha value is -2.29. The second kappa shape index (κ2) is 31.9. The van der Waals surface area contributed by atoms with Crippen LogP contribution in [-0.4, -0.2) is 157 Å². The zero-order valence-electron chi connectivity index (χ0n) is 27.7. The molecule has 0 radical (unpaired) electrons. The van der Waals surface area contributed by atoms with Crippen molar-refractivity contribution in [2.45, 2.75) is 24.2 Å². The fraction of sp³-hybridized carbons (Fsp3) is 0.742. The van der Waals surface area contributed by atoms with Crippen molar-refractivity contribution in [1.29, 1.82) is 0 Å². The third-order valence-corrected chi connectivity index (χ3v) is 7.15. The van der Waals surface area contributed by atoms with Crippen molar-refractivity contribution in [3.8, 4) is 0 Å². The zero-order valence-corrected chi connectivity index (χ0v) is 28.5. The maximum absolute atomic E-state index is 12.0. The van der Waals surface area contributed by atoms with Crippen LogP contribution in [0.15, 0.2) is 35.2 Å². The highest BCUT2D eigenvalue weighted by Crippen LogP contribution is 2.10. The fourth-order valence-electron chi connectivity index (χ4n) is 3.43. The largest absolute Gasteiger partial charge is 0.481 e. The molecule has 0 fully saturated rings. The van der Waals surface area contributed by atoms with Gasteiger partial charge in [-0.15, -0.1) is 0 Å². The summed E-state index contributed by atoms with van der Waals surface area (Å²) >= 11 is 0. The monoisotopic (exact) mass is 711 g/mol. The Kier molecular flexibility index (Phi) is 29.1. The average Bonchev–Trinajstić information content (AvgIpc) is 3.08. The first-order chi connectivity index (χ1) is 23.4. The topological polar surface area (TPSA) is 193 Å². The standard InChI is InChI=1S/C31H53NO15S/c33-30(7-8-31(34)35)32-9-4-10-38-11-12-39-13-14-40-15-16-41-17-18-42-19-20-43-21-22-44-23-24-45-25-26-46-27-28-47-48(36,37)29-5-2-1-3-6-29/h1-3,5-6H,4,7-28H2,(H,32,33)(H,34,35). The number of amides is 1. The number of ether oxygens (including phenoxy) is 9. The van der Waals surface area contributed by atoms with Gasteiger partial charge < -0.3 is 53.1 Å². The van der Waals surface area contributed by atoms with Gasteiger partial charge in [-0.05, 0) is 18.6 Å². The van der Waals surface area contributed by atoms with Crippen molar-refractivity contribution >= 4 is 22.0 Å². The van der Waals surface area contributed by atoms with Gasteiger partial charge in [-0.3, -0.25) is 13.8 Å². The van der Waals surface area contributed by atoms with Crippen LogP contribution >= 0.6 is 0 Å². The number of carbonyl (C=O) groups is 2. The molecule has 0 spiro atoms. The molecular formula is C31H53NO15S. The summed E-state index contributed by atoms with van der Waals surface area (Å²) in [5, 5.41) is 11.2. The first-order valence-corrected chi connectivity index (χ1v) is 17.5. The Morgan fingerprint density at radius 2 is 0.875 bits per heavy atom. The second-order valence-corrected chi connectivity index (χ2v) is 11.3. The molecule has 16 nitrogen and oxygen atoms in total. The smallest absolute Gasteiger partial charge is 0.303 e. The van der Waals surface area contributed by atoms with E-state index < -0.39 is 16.1 Å². The summed E-state index contributed by atoms with van der Waals surface area (Å²) in [6, 6.07) is 7.95. The summed E-state index contributed by atoms with van der Waals surface area (Å²) in [7, 11) is -3.77. The van der Waals surface area contributed by atoms with Crippen molar-refractivity contribution in [1.82, 2.24) is 5.32 Å². The minimum absolute atomic E-state index is 0.0170. The molecule has 2 N–H and O–H groups in total. The molecule has 1 amide bonds. The molecule has 1 rings (SSSR count). The predicted molar refractivity (Wildman–Crippen MR) is 171 cm³/mol. The van der Waals surface area contributed by atoms with Crippen LogP contribution in [0.25, 0.3) is 0 Å². The van der Waals surface area contributed by atoms with Crippen LogP contribution in [0.3, 0.4) is 0 Å². The quantitative estimate of drug-likeness (QED) is 0.0737. The summed E-state index contributed by atoms with van der Waals surface area (Å²) < 4.78 is 77.6. The van der Waals surface area contributed by atoms with Crippen LogP contribution in [0.4, 0.5) is 0 Å². The van der Waals surface area contributed by atoms with E-state index in [1.54, 1.807) is 18.2 Å². The van der Waals surface area contributed by atoms with Crippen molar-refractivity contribution in [3.63, 3.8) is 0 Å². The maximum Gasteiger partial charge on any atom is 0.303 e. The molecule has 0 heterocycles. The second-order valence-electron chi connectivity index (χ2n) is 9.70. The molecule has 17 heteroatoms. The average molecular weight is 712 g/mol. The van der Waals surface area contributed by atoms with Gasteiger partial charge >= 0.3 is 5.97 Å². The molecule has 0 unspecified atom stereocenters. The van der Waals surface area contributed by atoms with Crippen LogP contribution in [0, 0.1) is 0 Å². The van der Waals surface area contributed by atoms with Gasteiger partial charge in [0.15, 0.2) is 0 Å². The first kappa shape index (κ1) is 43.7. The summed E-state index contributed by atoms with van der Waals surface area (Å²) in [6.07, 6.45) is 0.455. The number of carboxylic acids is 1. The zero-order chi connectivity index (χ0) is 34.8. The van der Waals surface area contributed by atoms with Crippen LogP contribution in [0.1, 0.15) is 19.3 Å². The normalized spacial score (nSPS) is 11.6. The van der Waals surface area contributed by atoms with Gasteiger partial charge in [-0.25, -0.2) is 0 Å². The van der Waals surface area contributed by atoms with E-state index in [0.717, 1.165) is 0 Å². The van der Waals surface area contributed by atoms with Crippen molar-refractivity contribution in [3.05, 3.63) is 30.3 Å². The van der Waals surface area contributed by atoms with Gasteiger partial charge in [-0.1, -0.05) is 18.2 Å². The van der Waals surface area contributed by atoms with Gasteiger partial charge in [0, 0.05) is 19.6 Å². The van der Waals surface area contributed by atoms with Crippen LogP contribution < -0.4 is 5.32 Å². The van der Waals surface area contributed by atoms with Gasteiger partial charge in [0.1, 0.15) is 0 Å². The van der Waals surface area contributed by atoms with E-state index in [1.165, 1.54) is 12.1 Å². The molecule has 0 atom stereocenters. The van der Waals surface area contributed by atoms with E-state index in [9.17, 15) is 18.0 Å². The highest BCUT2D eigenvalue weighted by atomic mass is 32.2. The van der Waals surface area contributed by atoms with E-state index in [-0.39, 0.29) is 36.9 Å². The van der Waals surface area contributed by atoms with E-state index in [4.69, 9.17) is 51.9 Å². The van der Waals surface area contributed by atoms with Crippen LogP contribution in [-0.2, 0) is 66.5 Å². The number of nitrogens with one attached hydrogen (secondary N) is 1. The highest BCUT2D eigenvalue weighted by Gasteiger charge is 2.13. The van der Waals surface area contributed by atoms with Gasteiger partial charge in [0.25, 0.3) is 10.1 Å². The van der Waals surface area contributed by atoms with Gasteiger partial charge in [0.2, 0.25) is 5.91 Å². The molecule has 0 aliphatic rings. The lowest BCUT2D eigenvalue weighted by atomic mass is 10.3. The molecule has 0 saturated carbocycles. The third-order valence-electron chi connectivity index (χ3n) is 5.83. The molecule has 0 saturated heterocycles. The molecule has 278 valence electrons. The van der Waals surface area contributed by atoms with E-state index in [0.29, 0.717) is 125 Å². The minimum atomic E-state index is -3.77. The van der Waals surface area contributed by atoms with Gasteiger partial charge in [0.05, 0.1) is 130 Å². The lowest BCUT2D eigenvalue weighted by molar-refractivity contribution is -0.138. The summed E-state index contributed by atoms with van der Waals surface area (Å²) in [6.45, 7) is 7.93. The molecule has 1 aromatic carbocycles. The Morgan fingerprint density at radius 3 is 1.25 bits per heavy atom. The summed E-state index contributed by atoms with van der Waals surface area (Å²) in [5.41, 5.74) is 0. The Balaban J connectivity index is 1.67. The molecule has 48 heavy (non-hydrogen) atoms. The molecule has 0 aliphatic carbocycles. The van der Waals surface area contributed by atoms with E-state index >= 15 is 0 Å². The number of benzene rings is 1. The number of carbonyl (C=O) groups excluding carboxylic acids is 1. The van der Waals surface area contributed by atoms with Crippen molar-refractivity contribution < 1.29 is 69.9 Å². The Morgan fingerprint density at radius 1 is 0.521 bits per heavy atom. The number of hydrogen-bond acceptors (Lipinski definition) is 14. The summed E-state index contributed by atoms with van der Waals surface area (Å²) in [4.78, 5) is 21.9. The molecule has 0 aromatic heterocycles. The third kappa shape index (κ3) is 28.7. The predicted octanol–water partition coefficient (Wildman–Crippen LogP) is 0.912. The molecule has 0 bridgehead atoms. The first-order valence-electron chi connectivity index (χ1n) is 16.0. The maximum atomic E-state index is 12.0. The molecular weight excluding hydrogens is 658 g/mol. The highest BCUT2D eigenvalue weighted by molar-refractivity contribution is 7.86. The Labute approximate surface area is 283 Å². The van der Waals surface area contributed by atoms with Gasteiger partial charge in [-0.2, -0.15) is 8.42 Å². The molecule has 0 aliphatic heterocycles. The fourth-order valence-corrected chi connectivity index (χ4v) is 4.34. The number of carboxylic acid groups (broad SMARTS) is 1. The minimum Gasteiger partial charge on any atom is -0.481 e. The molecule has 1 aromatic rings. The van der Waals surface area contributed by atoms with E-state index in [2.05, 4.69) is 5.32 Å². The number of rotatable bonds is 36. The summed E-state index contributed by atoms with van der Waals surface area (Å²) in [5.74, 6) is -1.26. The Bertz CT molecular complexity index is 1000. The van der Waals surface area contributed by atoms with Crippen LogP contribution in [0.2, 0.25) is 0 Å². The SMILES string of the molecule is O=C(O)CCC(=O)NCCCOCCOCCOCCOCCOCCOCCOCCOCCOCCOS(=O)(=O)c1ccccc1. The lowest BCUT2D eigenvalue weighted by Crippen LogP contribution is -2.25. The van der Waals surface area contributed by atoms with Crippen molar-refractivity contribution in [2.75, 3.05) is 132 Å².